The highest BCUT2D eigenvalue weighted by Crippen LogP contribution is 2.46. The van der Waals surface area contributed by atoms with E-state index >= 15 is 0 Å². The average molecular weight is 203 g/mol. The SMILES string of the molecule is NC1(c2c(F)c(O)cc(F)c2F)CC1. The van der Waals surface area contributed by atoms with E-state index in [1.54, 1.807) is 0 Å². The molecule has 0 spiro atoms. The van der Waals surface area contributed by atoms with Gasteiger partial charge in [-0.05, 0) is 12.8 Å². The molecular formula is C9H8F3NO. The standard InChI is InChI=1S/C9H8F3NO/c10-4-3-5(14)8(12)6(7(4)11)9(13)1-2-9/h3,14H,1-2,13H2. The van der Waals surface area contributed by atoms with Gasteiger partial charge in [0.1, 0.15) is 0 Å². The lowest BCUT2D eigenvalue weighted by molar-refractivity contribution is 0.396. The summed E-state index contributed by atoms with van der Waals surface area (Å²) in [6.45, 7) is 0. The summed E-state index contributed by atoms with van der Waals surface area (Å²) in [5, 5.41) is 8.96. The predicted molar refractivity (Wildman–Crippen MR) is 43.1 cm³/mol. The third-order valence-corrected chi connectivity index (χ3v) is 2.42. The lowest BCUT2D eigenvalue weighted by Gasteiger charge is -2.12. The quantitative estimate of drug-likeness (QED) is 0.683. The van der Waals surface area contributed by atoms with Crippen LogP contribution in [0.15, 0.2) is 6.07 Å². The smallest absolute Gasteiger partial charge is 0.172 e. The van der Waals surface area contributed by atoms with E-state index in [2.05, 4.69) is 0 Å². The molecule has 0 heterocycles. The summed E-state index contributed by atoms with van der Waals surface area (Å²) in [5.41, 5.74) is 3.86. The molecule has 1 aliphatic carbocycles. The summed E-state index contributed by atoms with van der Waals surface area (Å²) in [5.74, 6) is -4.66. The number of hydrogen-bond acceptors (Lipinski definition) is 2. The lowest BCUT2D eigenvalue weighted by Crippen LogP contribution is -2.23. The molecule has 1 aromatic carbocycles. The van der Waals surface area contributed by atoms with Gasteiger partial charge in [-0.15, -0.1) is 0 Å². The summed E-state index contributed by atoms with van der Waals surface area (Å²) in [6.07, 6.45) is 0.785. The van der Waals surface area contributed by atoms with Crippen LogP contribution in [0, 0.1) is 17.5 Å². The maximum atomic E-state index is 13.2. The second-order valence-corrected chi connectivity index (χ2v) is 3.54. The molecule has 0 bridgehead atoms. The van der Waals surface area contributed by atoms with E-state index in [1.807, 2.05) is 0 Å². The second kappa shape index (κ2) is 2.63. The zero-order valence-corrected chi connectivity index (χ0v) is 7.15. The molecule has 0 saturated heterocycles. The number of hydrogen-bond donors (Lipinski definition) is 2. The van der Waals surface area contributed by atoms with Crippen molar-refractivity contribution in [2.45, 2.75) is 18.4 Å². The molecule has 1 saturated carbocycles. The normalized spacial score (nSPS) is 18.3. The Morgan fingerprint density at radius 3 is 2.29 bits per heavy atom. The van der Waals surface area contributed by atoms with E-state index in [0.29, 0.717) is 18.9 Å². The largest absolute Gasteiger partial charge is 0.505 e. The number of phenols is 1. The van der Waals surface area contributed by atoms with Crippen LogP contribution >= 0.6 is 0 Å². The van der Waals surface area contributed by atoms with Crippen molar-refractivity contribution in [1.29, 1.82) is 0 Å². The van der Waals surface area contributed by atoms with E-state index in [4.69, 9.17) is 10.8 Å². The first-order valence-corrected chi connectivity index (χ1v) is 4.11. The molecule has 5 heteroatoms. The highest BCUT2D eigenvalue weighted by molar-refractivity contribution is 5.39. The van der Waals surface area contributed by atoms with Gasteiger partial charge >= 0.3 is 0 Å². The highest BCUT2D eigenvalue weighted by atomic mass is 19.2. The lowest BCUT2D eigenvalue weighted by atomic mass is 10.0. The van der Waals surface area contributed by atoms with Crippen molar-refractivity contribution in [2.24, 2.45) is 5.73 Å². The van der Waals surface area contributed by atoms with Gasteiger partial charge in [0.25, 0.3) is 0 Å². The second-order valence-electron chi connectivity index (χ2n) is 3.54. The van der Waals surface area contributed by atoms with Gasteiger partial charge in [0, 0.05) is 11.6 Å². The molecule has 0 radical (unpaired) electrons. The van der Waals surface area contributed by atoms with E-state index in [0.717, 1.165) is 0 Å². The number of phenolic OH excluding ortho intramolecular Hbond substituents is 1. The Bertz CT molecular complexity index is 375. The fraction of sp³-hybridized carbons (Fsp3) is 0.333. The molecule has 76 valence electrons. The highest BCUT2D eigenvalue weighted by Gasteiger charge is 2.45. The third kappa shape index (κ3) is 1.16. The average Bonchev–Trinajstić information content (AvgIpc) is 2.81. The number of rotatable bonds is 1. The van der Waals surface area contributed by atoms with Crippen molar-refractivity contribution in [3.63, 3.8) is 0 Å². The minimum atomic E-state index is -1.31. The van der Waals surface area contributed by atoms with Crippen LogP contribution in [-0.2, 0) is 5.54 Å². The number of nitrogens with two attached hydrogens (primary N) is 1. The summed E-state index contributed by atoms with van der Waals surface area (Å²) >= 11 is 0. The number of benzene rings is 1. The first-order valence-electron chi connectivity index (χ1n) is 4.11. The number of halogens is 3. The molecule has 1 aliphatic rings. The van der Waals surface area contributed by atoms with Crippen LogP contribution < -0.4 is 5.73 Å². The van der Waals surface area contributed by atoms with Crippen LogP contribution in [0.25, 0.3) is 0 Å². The topological polar surface area (TPSA) is 46.2 Å². The monoisotopic (exact) mass is 203 g/mol. The van der Waals surface area contributed by atoms with Crippen LogP contribution in [0.2, 0.25) is 0 Å². The van der Waals surface area contributed by atoms with Crippen molar-refractivity contribution in [2.75, 3.05) is 0 Å². The number of aromatic hydroxyl groups is 1. The Morgan fingerprint density at radius 2 is 1.79 bits per heavy atom. The zero-order chi connectivity index (χ0) is 10.5. The third-order valence-electron chi connectivity index (χ3n) is 2.42. The van der Waals surface area contributed by atoms with Crippen LogP contribution in [0.3, 0.4) is 0 Å². The molecule has 0 unspecified atom stereocenters. The Morgan fingerprint density at radius 1 is 1.21 bits per heavy atom. The zero-order valence-electron chi connectivity index (χ0n) is 7.15. The summed E-state index contributed by atoms with van der Waals surface area (Å²) in [4.78, 5) is 0. The molecule has 2 rings (SSSR count). The minimum Gasteiger partial charge on any atom is -0.505 e. The summed E-state index contributed by atoms with van der Waals surface area (Å²) in [7, 11) is 0. The maximum Gasteiger partial charge on any atom is 0.172 e. The summed E-state index contributed by atoms with van der Waals surface area (Å²) in [6, 6.07) is 0.403. The van der Waals surface area contributed by atoms with Crippen molar-refractivity contribution >= 4 is 0 Å². The van der Waals surface area contributed by atoms with Gasteiger partial charge in [-0.2, -0.15) is 0 Å². The summed E-state index contributed by atoms with van der Waals surface area (Å²) < 4.78 is 39.2. The van der Waals surface area contributed by atoms with Crippen molar-refractivity contribution in [1.82, 2.24) is 0 Å². The molecule has 2 nitrogen and oxygen atoms in total. The van der Waals surface area contributed by atoms with Crippen LogP contribution in [-0.4, -0.2) is 5.11 Å². The Hall–Kier alpha value is -1.23. The van der Waals surface area contributed by atoms with Crippen molar-refractivity contribution in [3.8, 4) is 5.75 Å². The first kappa shape index (κ1) is 9.33. The van der Waals surface area contributed by atoms with Gasteiger partial charge < -0.3 is 10.8 Å². The van der Waals surface area contributed by atoms with E-state index in [-0.39, 0.29) is 0 Å². The Kier molecular flexibility index (Phi) is 1.75. The molecular weight excluding hydrogens is 195 g/mol. The van der Waals surface area contributed by atoms with E-state index < -0.39 is 34.3 Å². The van der Waals surface area contributed by atoms with Crippen LogP contribution in [0.4, 0.5) is 13.2 Å². The predicted octanol–water partition coefficient (Wildman–Crippen LogP) is 1.76. The Balaban J connectivity index is 2.68. The molecule has 1 aromatic rings. The van der Waals surface area contributed by atoms with Gasteiger partial charge in [0.15, 0.2) is 23.2 Å². The molecule has 1 fully saturated rings. The van der Waals surface area contributed by atoms with Crippen LogP contribution in [0.5, 0.6) is 5.75 Å². The molecule has 0 aromatic heterocycles. The van der Waals surface area contributed by atoms with Gasteiger partial charge in [-0.25, -0.2) is 13.2 Å². The van der Waals surface area contributed by atoms with E-state index in [9.17, 15) is 13.2 Å². The molecule has 3 N–H and O–H groups in total. The first-order chi connectivity index (χ1) is 6.46. The fourth-order valence-electron chi connectivity index (χ4n) is 1.41. The van der Waals surface area contributed by atoms with Gasteiger partial charge in [0.05, 0.1) is 5.56 Å². The molecule has 14 heavy (non-hydrogen) atoms. The molecule has 0 atom stereocenters. The van der Waals surface area contributed by atoms with E-state index in [1.165, 1.54) is 0 Å². The van der Waals surface area contributed by atoms with Gasteiger partial charge in [-0.3, -0.25) is 0 Å². The molecule has 0 amide bonds. The Labute approximate surface area is 78.2 Å². The fourth-order valence-corrected chi connectivity index (χ4v) is 1.41. The van der Waals surface area contributed by atoms with Crippen molar-refractivity contribution in [3.05, 3.63) is 29.1 Å². The van der Waals surface area contributed by atoms with Crippen LogP contribution in [0.1, 0.15) is 18.4 Å². The maximum absolute atomic E-state index is 13.2. The van der Waals surface area contributed by atoms with Crippen molar-refractivity contribution < 1.29 is 18.3 Å². The minimum absolute atomic E-state index is 0.393. The molecule has 0 aliphatic heterocycles. The van der Waals surface area contributed by atoms with Gasteiger partial charge in [0.2, 0.25) is 0 Å². The van der Waals surface area contributed by atoms with Gasteiger partial charge in [-0.1, -0.05) is 0 Å².